The van der Waals surface area contributed by atoms with Crippen LogP contribution < -0.4 is 15.4 Å². The molecule has 0 saturated carbocycles. The molecule has 0 amide bonds. The Labute approximate surface area is 202 Å². The summed E-state index contributed by atoms with van der Waals surface area (Å²) in [7, 11) is -0.0777. The van der Waals surface area contributed by atoms with E-state index in [0.29, 0.717) is 37.0 Å². The van der Waals surface area contributed by atoms with Gasteiger partial charge in [-0.05, 0) is 48.2 Å². The maximum atomic E-state index is 12.9. The van der Waals surface area contributed by atoms with Gasteiger partial charge in [-0.3, -0.25) is 4.99 Å². The van der Waals surface area contributed by atoms with Gasteiger partial charge in [-0.1, -0.05) is 30.7 Å². The van der Waals surface area contributed by atoms with Crippen LogP contribution in [-0.2, 0) is 23.1 Å². The van der Waals surface area contributed by atoms with Gasteiger partial charge in [0.15, 0.2) is 5.96 Å². The van der Waals surface area contributed by atoms with Gasteiger partial charge in [0.05, 0.1) is 12.0 Å². The number of halogens is 1. The fraction of sp³-hybridized carbons (Fsp3) is 0.409. The van der Waals surface area contributed by atoms with Crippen LogP contribution >= 0.6 is 24.0 Å². The summed E-state index contributed by atoms with van der Waals surface area (Å²) in [5, 5.41) is 6.50. The number of rotatable bonds is 7. The van der Waals surface area contributed by atoms with Crippen LogP contribution in [0, 0.1) is 0 Å². The van der Waals surface area contributed by atoms with Crippen LogP contribution in [0.2, 0.25) is 0 Å². The van der Waals surface area contributed by atoms with Crippen molar-refractivity contribution >= 4 is 40.0 Å². The van der Waals surface area contributed by atoms with Crippen molar-refractivity contribution in [3.63, 3.8) is 0 Å². The van der Waals surface area contributed by atoms with Gasteiger partial charge < -0.3 is 15.4 Å². The van der Waals surface area contributed by atoms with E-state index < -0.39 is 10.0 Å². The first kappa shape index (κ1) is 25.4. The molecule has 1 aliphatic heterocycles. The van der Waals surface area contributed by atoms with E-state index in [2.05, 4.69) is 15.6 Å². The highest BCUT2D eigenvalue weighted by molar-refractivity contribution is 14.0. The molecule has 1 saturated heterocycles. The van der Waals surface area contributed by atoms with Crippen LogP contribution in [0.4, 0.5) is 0 Å². The van der Waals surface area contributed by atoms with Gasteiger partial charge in [-0.25, -0.2) is 8.42 Å². The Morgan fingerprint density at radius 3 is 2.26 bits per heavy atom. The molecule has 2 aromatic carbocycles. The van der Waals surface area contributed by atoms with E-state index in [9.17, 15) is 8.42 Å². The molecule has 0 spiro atoms. The van der Waals surface area contributed by atoms with Crippen LogP contribution in [0.15, 0.2) is 58.4 Å². The van der Waals surface area contributed by atoms with Crippen molar-refractivity contribution in [2.75, 3.05) is 27.2 Å². The van der Waals surface area contributed by atoms with E-state index in [1.54, 1.807) is 36.7 Å². The van der Waals surface area contributed by atoms with Crippen LogP contribution in [-0.4, -0.2) is 45.9 Å². The molecular formula is C22H31IN4O3S. The normalized spacial score (nSPS) is 15.1. The lowest BCUT2D eigenvalue weighted by atomic mass is 10.2. The third kappa shape index (κ3) is 7.08. The number of nitrogens with one attached hydrogen (secondary N) is 2. The molecule has 0 aliphatic carbocycles. The second kappa shape index (κ2) is 12.3. The molecular weight excluding hydrogens is 527 g/mol. The summed E-state index contributed by atoms with van der Waals surface area (Å²) in [6.45, 7) is 2.30. The number of piperidine rings is 1. The molecule has 0 unspecified atom stereocenters. The first-order valence-electron chi connectivity index (χ1n) is 10.2. The lowest BCUT2D eigenvalue weighted by Gasteiger charge is -2.26. The topological polar surface area (TPSA) is 83.0 Å². The van der Waals surface area contributed by atoms with Crippen molar-refractivity contribution in [2.24, 2.45) is 4.99 Å². The number of nitrogens with zero attached hydrogens (tertiary/aromatic N) is 2. The Balaban J connectivity index is 0.00000341. The standard InChI is InChI=1S/C22H30N4O3S.HI/c1-23-22(24-16-18-9-11-20(29-2)12-10-18)25-17-19-7-6-8-21(15-19)30(27,28)26-13-4-3-5-14-26;/h6-12,15H,3-5,13-14,16-17H2,1-2H3,(H2,23,24,25);1H. The van der Waals surface area contributed by atoms with Crippen molar-refractivity contribution in [2.45, 2.75) is 37.2 Å². The minimum absolute atomic E-state index is 0. The summed E-state index contributed by atoms with van der Waals surface area (Å²) in [4.78, 5) is 4.59. The molecule has 0 aromatic heterocycles. The van der Waals surface area contributed by atoms with Crippen LogP contribution in [0.5, 0.6) is 5.75 Å². The molecule has 7 nitrogen and oxygen atoms in total. The highest BCUT2D eigenvalue weighted by Crippen LogP contribution is 2.21. The van der Waals surface area contributed by atoms with E-state index in [4.69, 9.17) is 4.74 Å². The Morgan fingerprint density at radius 2 is 1.65 bits per heavy atom. The molecule has 170 valence electrons. The number of sulfonamides is 1. The molecule has 0 bridgehead atoms. The van der Waals surface area contributed by atoms with Crippen molar-refractivity contribution in [3.8, 4) is 5.75 Å². The quantitative estimate of drug-likeness (QED) is 0.310. The van der Waals surface area contributed by atoms with Gasteiger partial charge in [0.25, 0.3) is 0 Å². The van der Waals surface area contributed by atoms with E-state index in [-0.39, 0.29) is 24.0 Å². The fourth-order valence-electron chi connectivity index (χ4n) is 3.41. The second-order valence-corrected chi connectivity index (χ2v) is 9.18. The van der Waals surface area contributed by atoms with Crippen LogP contribution in [0.3, 0.4) is 0 Å². The number of methoxy groups -OCH3 is 1. The van der Waals surface area contributed by atoms with E-state index in [1.165, 1.54) is 0 Å². The summed E-state index contributed by atoms with van der Waals surface area (Å²) in [6.07, 6.45) is 2.95. The van der Waals surface area contributed by atoms with Crippen LogP contribution in [0.1, 0.15) is 30.4 Å². The number of guanidine groups is 1. The predicted molar refractivity (Wildman–Crippen MR) is 134 cm³/mol. The first-order chi connectivity index (χ1) is 14.5. The minimum atomic E-state index is -3.43. The average Bonchev–Trinajstić information content (AvgIpc) is 2.80. The van der Waals surface area contributed by atoms with Gasteiger partial charge in [0.2, 0.25) is 10.0 Å². The Hall–Kier alpha value is -1.85. The summed E-state index contributed by atoms with van der Waals surface area (Å²) in [5.41, 5.74) is 1.99. The fourth-order valence-corrected chi connectivity index (χ4v) is 4.99. The van der Waals surface area contributed by atoms with Crippen molar-refractivity contribution in [1.82, 2.24) is 14.9 Å². The van der Waals surface area contributed by atoms with Crippen molar-refractivity contribution in [3.05, 3.63) is 59.7 Å². The largest absolute Gasteiger partial charge is 0.497 e. The molecule has 2 N–H and O–H groups in total. The third-order valence-electron chi connectivity index (χ3n) is 5.15. The SMILES string of the molecule is CN=C(NCc1ccc(OC)cc1)NCc1cccc(S(=O)(=O)N2CCCCC2)c1.I. The molecule has 3 rings (SSSR count). The van der Waals surface area contributed by atoms with Gasteiger partial charge in [0, 0.05) is 33.2 Å². The van der Waals surface area contributed by atoms with Crippen LogP contribution in [0.25, 0.3) is 0 Å². The molecule has 1 fully saturated rings. The number of hydrogen-bond donors (Lipinski definition) is 2. The highest BCUT2D eigenvalue weighted by atomic mass is 127. The second-order valence-electron chi connectivity index (χ2n) is 7.24. The number of aliphatic imine (C=N–C) groups is 1. The van der Waals surface area contributed by atoms with Gasteiger partial charge >= 0.3 is 0 Å². The zero-order valence-corrected chi connectivity index (χ0v) is 21.2. The zero-order valence-electron chi connectivity index (χ0n) is 18.0. The average molecular weight is 558 g/mol. The molecule has 31 heavy (non-hydrogen) atoms. The van der Waals surface area contributed by atoms with Gasteiger partial charge in [-0.15, -0.1) is 24.0 Å². The maximum Gasteiger partial charge on any atom is 0.243 e. The van der Waals surface area contributed by atoms with E-state index >= 15 is 0 Å². The molecule has 0 atom stereocenters. The summed E-state index contributed by atoms with van der Waals surface area (Å²) >= 11 is 0. The van der Waals surface area contributed by atoms with Crippen molar-refractivity contribution in [1.29, 1.82) is 0 Å². The summed E-state index contributed by atoms with van der Waals surface area (Å²) < 4.78 is 32.6. The zero-order chi connectivity index (χ0) is 21.4. The molecule has 2 aromatic rings. The smallest absolute Gasteiger partial charge is 0.243 e. The minimum Gasteiger partial charge on any atom is -0.497 e. The van der Waals surface area contributed by atoms with E-state index in [1.807, 2.05) is 30.3 Å². The third-order valence-corrected chi connectivity index (χ3v) is 7.05. The molecule has 9 heteroatoms. The van der Waals surface area contributed by atoms with Crippen molar-refractivity contribution < 1.29 is 13.2 Å². The lowest BCUT2D eigenvalue weighted by Crippen LogP contribution is -2.36. The first-order valence-corrected chi connectivity index (χ1v) is 11.6. The lowest BCUT2D eigenvalue weighted by molar-refractivity contribution is 0.346. The summed E-state index contributed by atoms with van der Waals surface area (Å²) in [5.74, 6) is 1.47. The number of ether oxygens (including phenoxy) is 1. The summed E-state index contributed by atoms with van der Waals surface area (Å²) in [6, 6.07) is 14.9. The Kier molecular flexibility index (Phi) is 10.0. The molecule has 1 aliphatic rings. The Morgan fingerprint density at radius 1 is 1.00 bits per heavy atom. The maximum absolute atomic E-state index is 12.9. The molecule has 0 radical (unpaired) electrons. The highest BCUT2D eigenvalue weighted by Gasteiger charge is 2.25. The predicted octanol–water partition coefficient (Wildman–Crippen LogP) is 3.35. The number of benzene rings is 2. The number of hydrogen-bond acceptors (Lipinski definition) is 4. The van der Waals surface area contributed by atoms with E-state index in [0.717, 1.165) is 36.1 Å². The van der Waals surface area contributed by atoms with Gasteiger partial charge in [-0.2, -0.15) is 4.31 Å². The monoisotopic (exact) mass is 558 g/mol. The molecule has 1 heterocycles. The van der Waals surface area contributed by atoms with Gasteiger partial charge in [0.1, 0.15) is 5.75 Å². The Bertz CT molecular complexity index is 959.